The van der Waals surface area contributed by atoms with Gasteiger partial charge in [-0.3, -0.25) is 9.59 Å². The van der Waals surface area contributed by atoms with Crippen LogP contribution in [0.3, 0.4) is 0 Å². The van der Waals surface area contributed by atoms with Crippen molar-refractivity contribution in [2.24, 2.45) is 5.41 Å². The number of carbonyl (C=O) groups is 4. The Bertz CT molecular complexity index is 1530. The van der Waals surface area contributed by atoms with Crippen molar-refractivity contribution >= 4 is 40.8 Å². The molecule has 3 aromatic rings. The topological polar surface area (TPSA) is 108 Å². The molecule has 1 heterocycles. The third-order valence-corrected chi connectivity index (χ3v) is 8.45. The van der Waals surface area contributed by atoms with E-state index in [4.69, 9.17) is 4.74 Å². The van der Waals surface area contributed by atoms with E-state index in [1.54, 1.807) is 24.3 Å². The van der Waals surface area contributed by atoms with Gasteiger partial charge in [-0.05, 0) is 48.7 Å². The second-order valence-corrected chi connectivity index (χ2v) is 12.8. The number of ketones is 1. The van der Waals surface area contributed by atoms with Gasteiger partial charge in [0.15, 0.2) is 5.78 Å². The van der Waals surface area contributed by atoms with Gasteiger partial charge >= 0.3 is 12.0 Å². The highest BCUT2D eigenvalue weighted by molar-refractivity contribution is 6.08. The predicted molar refractivity (Wildman–Crippen MR) is 175 cm³/mol. The minimum absolute atomic E-state index is 0.0732. The molecule has 9 nitrogen and oxygen atoms in total. The van der Waals surface area contributed by atoms with E-state index < -0.39 is 23.5 Å². The van der Waals surface area contributed by atoms with Gasteiger partial charge in [-0.15, -0.1) is 0 Å². The quantitative estimate of drug-likeness (QED) is 0.289. The zero-order chi connectivity index (χ0) is 32.0. The summed E-state index contributed by atoms with van der Waals surface area (Å²) in [6.07, 6.45) is 5.38. The molecule has 0 spiro atoms. The van der Waals surface area contributed by atoms with Crippen molar-refractivity contribution in [2.45, 2.75) is 71.6 Å². The van der Waals surface area contributed by atoms with Crippen LogP contribution in [0, 0.1) is 5.41 Å². The molecule has 1 aliphatic heterocycles. The van der Waals surface area contributed by atoms with Crippen molar-refractivity contribution in [3.05, 3.63) is 90.0 Å². The van der Waals surface area contributed by atoms with Crippen LogP contribution in [-0.2, 0) is 20.9 Å². The highest BCUT2D eigenvalue weighted by atomic mass is 16.5. The van der Waals surface area contributed by atoms with Crippen molar-refractivity contribution in [2.75, 3.05) is 28.2 Å². The lowest BCUT2D eigenvalue weighted by Crippen LogP contribution is -2.55. The van der Waals surface area contributed by atoms with Crippen LogP contribution in [0.25, 0.3) is 0 Å². The summed E-state index contributed by atoms with van der Waals surface area (Å²) < 4.78 is 5.44. The average molecular weight is 611 g/mol. The van der Waals surface area contributed by atoms with Crippen molar-refractivity contribution in [1.29, 1.82) is 0 Å². The summed E-state index contributed by atoms with van der Waals surface area (Å²) in [5.41, 5.74) is 2.48. The van der Waals surface area contributed by atoms with Crippen LogP contribution in [-0.4, -0.2) is 48.9 Å². The number of carbonyl (C=O) groups excluding carboxylic acids is 4. The molecule has 0 aromatic heterocycles. The molecule has 0 radical (unpaired) electrons. The molecule has 2 aliphatic rings. The number of hydrogen-bond acceptors (Lipinski definition) is 6. The van der Waals surface area contributed by atoms with Crippen LogP contribution < -0.4 is 20.4 Å². The Balaban J connectivity index is 1.35. The van der Waals surface area contributed by atoms with Crippen molar-refractivity contribution < 1.29 is 23.9 Å². The van der Waals surface area contributed by atoms with Crippen molar-refractivity contribution in [3.63, 3.8) is 0 Å². The maximum Gasteiger partial charge on any atom is 0.338 e. The SMILES string of the molecule is CC(C)(C)C(=O)CN1C(=O)C(NC(=O)Nc2cccc(C(=O)OCc3ccccc3)c2)CN(C2CCCCC2)c2ccccc21. The van der Waals surface area contributed by atoms with Crippen LogP contribution in [0.5, 0.6) is 0 Å². The normalized spacial score (nSPS) is 17.2. The summed E-state index contributed by atoms with van der Waals surface area (Å²) in [4.78, 5) is 57.2. The van der Waals surface area contributed by atoms with Gasteiger partial charge in [0.1, 0.15) is 12.6 Å². The van der Waals surface area contributed by atoms with E-state index in [0.717, 1.165) is 36.9 Å². The first-order valence-corrected chi connectivity index (χ1v) is 15.7. The second kappa shape index (κ2) is 14.0. The molecule has 2 N–H and O–H groups in total. The van der Waals surface area contributed by atoms with E-state index in [0.29, 0.717) is 16.9 Å². The van der Waals surface area contributed by atoms with Crippen molar-refractivity contribution in [3.8, 4) is 0 Å². The third-order valence-electron chi connectivity index (χ3n) is 8.45. The van der Waals surface area contributed by atoms with Crippen LogP contribution >= 0.6 is 0 Å². The van der Waals surface area contributed by atoms with Crippen LogP contribution in [0.1, 0.15) is 68.8 Å². The summed E-state index contributed by atoms with van der Waals surface area (Å²) in [7, 11) is 0. The fourth-order valence-corrected chi connectivity index (χ4v) is 5.86. The summed E-state index contributed by atoms with van der Waals surface area (Å²) in [5, 5.41) is 5.67. The van der Waals surface area contributed by atoms with Crippen LogP contribution in [0.15, 0.2) is 78.9 Å². The largest absolute Gasteiger partial charge is 0.457 e. The van der Waals surface area contributed by atoms with Gasteiger partial charge in [-0.2, -0.15) is 0 Å². The number of hydrogen-bond donors (Lipinski definition) is 2. The molecular formula is C36H42N4O5. The number of amides is 3. The van der Waals surface area contributed by atoms with Gasteiger partial charge in [-0.25, -0.2) is 9.59 Å². The van der Waals surface area contributed by atoms with E-state index in [9.17, 15) is 19.2 Å². The molecule has 1 aliphatic carbocycles. The Morgan fingerprint density at radius 2 is 1.56 bits per heavy atom. The standard InChI is InChI=1S/C36H42N4O5/c1-36(2,3)32(41)23-40-31-20-11-10-19-30(31)39(28-17-8-5-9-18-28)22-29(33(40)42)38-35(44)37-27-16-12-15-26(21-27)34(43)45-24-25-13-6-4-7-14-25/h4,6-7,10-16,19-21,28-29H,5,8-9,17-18,22-24H2,1-3H3,(H2,37,38,44). The molecule has 1 atom stereocenters. The van der Waals surface area contributed by atoms with E-state index in [-0.39, 0.29) is 37.4 Å². The molecule has 3 aromatic carbocycles. The molecule has 5 rings (SSSR count). The molecule has 1 saturated carbocycles. The zero-order valence-corrected chi connectivity index (χ0v) is 26.3. The molecule has 45 heavy (non-hydrogen) atoms. The number of para-hydroxylation sites is 2. The lowest BCUT2D eigenvalue weighted by Gasteiger charge is -2.37. The number of nitrogens with one attached hydrogen (secondary N) is 2. The third kappa shape index (κ3) is 7.90. The number of Topliss-reactive ketones (excluding diaryl/α,β-unsaturated/α-hetero) is 1. The summed E-state index contributed by atoms with van der Waals surface area (Å²) in [6.45, 7) is 5.84. The minimum atomic E-state index is -0.911. The van der Waals surface area contributed by atoms with Gasteiger partial charge in [0.25, 0.3) is 5.91 Å². The highest BCUT2D eigenvalue weighted by Crippen LogP contribution is 2.37. The lowest BCUT2D eigenvalue weighted by molar-refractivity contribution is -0.127. The van der Waals surface area contributed by atoms with E-state index >= 15 is 0 Å². The fourth-order valence-electron chi connectivity index (χ4n) is 5.86. The molecular weight excluding hydrogens is 568 g/mol. The number of anilines is 3. The van der Waals surface area contributed by atoms with Gasteiger partial charge in [0.2, 0.25) is 0 Å². The number of benzene rings is 3. The Kier molecular flexibility index (Phi) is 9.86. The molecule has 1 fully saturated rings. The Morgan fingerprint density at radius 1 is 0.867 bits per heavy atom. The molecule has 3 amide bonds. The van der Waals surface area contributed by atoms with Gasteiger partial charge in [0, 0.05) is 23.7 Å². The molecule has 0 bridgehead atoms. The summed E-state index contributed by atoms with van der Waals surface area (Å²) >= 11 is 0. The fraction of sp³-hybridized carbons (Fsp3) is 0.389. The first-order chi connectivity index (χ1) is 21.6. The second-order valence-electron chi connectivity index (χ2n) is 12.8. The number of fused-ring (bicyclic) bond motifs is 1. The summed E-state index contributed by atoms with van der Waals surface area (Å²) in [5.74, 6) is -0.926. The molecule has 1 unspecified atom stereocenters. The van der Waals surface area contributed by atoms with E-state index in [2.05, 4.69) is 15.5 Å². The number of ether oxygens (including phenoxy) is 1. The van der Waals surface area contributed by atoms with Crippen LogP contribution in [0.2, 0.25) is 0 Å². The smallest absolute Gasteiger partial charge is 0.338 e. The number of nitrogens with zero attached hydrogens (tertiary/aromatic N) is 2. The van der Waals surface area contributed by atoms with E-state index in [1.807, 2.05) is 75.4 Å². The predicted octanol–water partition coefficient (Wildman–Crippen LogP) is 6.33. The molecule has 9 heteroatoms. The van der Waals surface area contributed by atoms with Crippen LogP contribution in [0.4, 0.5) is 21.9 Å². The number of esters is 1. The van der Waals surface area contributed by atoms with Crippen molar-refractivity contribution in [1.82, 2.24) is 5.32 Å². The first-order valence-electron chi connectivity index (χ1n) is 15.7. The zero-order valence-electron chi connectivity index (χ0n) is 26.3. The lowest BCUT2D eigenvalue weighted by atomic mass is 9.90. The first kappa shape index (κ1) is 31.8. The average Bonchev–Trinajstić information content (AvgIpc) is 3.15. The highest BCUT2D eigenvalue weighted by Gasteiger charge is 2.39. The molecule has 236 valence electrons. The van der Waals surface area contributed by atoms with Gasteiger partial charge in [0.05, 0.1) is 23.5 Å². The Hall–Kier alpha value is -4.66. The molecule has 0 saturated heterocycles. The Labute approximate surface area is 264 Å². The Morgan fingerprint density at radius 3 is 2.27 bits per heavy atom. The van der Waals surface area contributed by atoms with Gasteiger partial charge in [-0.1, -0.05) is 88.6 Å². The monoisotopic (exact) mass is 610 g/mol. The maximum absolute atomic E-state index is 14.2. The van der Waals surface area contributed by atoms with E-state index in [1.165, 1.54) is 11.3 Å². The number of rotatable bonds is 8. The van der Waals surface area contributed by atoms with Gasteiger partial charge < -0.3 is 25.2 Å². The summed E-state index contributed by atoms with van der Waals surface area (Å²) in [6, 6.07) is 22.3. The number of urea groups is 1. The minimum Gasteiger partial charge on any atom is -0.457 e. The maximum atomic E-state index is 14.2.